The Morgan fingerprint density at radius 1 is 1.21 bits per heavy atom. The summed E-state index contributed by atoms with van der Waals surface area (Å²) in [4.78, 5) is 23.9. The van der Waals surface area contributed by atoms with E-state index in [1.165, 1.54) is 18.2 Å². The zero-order chi connectivity index (χ0) is 20.5. The van der Waals surface area contributed by atoms with Gasteiger partial charge in [0.05, 0.1) is 29.8 Å². The summed E-state index contributed by atoms with van der Waals surface area (Å²) in [5, 5.41) is 13.6. The number of amides is 2. The van der Waals surface area contributed by atoms with Gasteiger partial charge in [-0.1, -0.05) is 12.1 Å². The minimum Gasteiger partial charge on any atom is -0.395 e. The predicted octanol–water partition coefficient (Wildman–Crippen LogP) is 1.04. The minimum absolute atomic E-state index is 0.181. The summed E-state index contributed by atoms with van der Waals surface area (Å²) in [5.74, 6) is -0.975. The lowest BCUT2D eigenvalue weighted by molar-refractivity contribution is -0.128. The molecule has 0 aliphatic carbocycles. The molecule has 0 saturated carbocycles. The minimum atomic E-state index is -4.54. The molecule has 2 aromatic rings. The number of aliphatic hydroxyl groups excluding tert-OH is 1. The summed E-state index contributed by atoms with van der Waals surface area (Å²) in [6, 6.07) is 11.8. The van der Waals surface area contributed by atoms with E-state index < -0.39 is 26.3 Å². The average Bonchev–Trinajstić information content (AvgIpc) is 2.97. The van der Waals surface area contributed by atoms with E-state index in [2.05, 4.69) is 10.7 Å². The molecule has 2 aromatic carbocycles. The van der Waals surface area contributed by atoms with Gasteiger partial charge in [-0.25, -0.2) is 0 Å². The molecule has 3 rings (SSSR count). The fraction of sp³-hybridized carbons (Fsp3) is 0.222. The highest BCUT2D eigenvalue weighted by atomic mass is 32.2. The lowest BCUT2D eigenvalue weighted by Gasteiger charge is -2.20. The van der Waals surface area contributed by atoms with Crippen molar-refractivity contribution in [1.82, 2.24) is 5.43 Å². The third-order valence-electron chi connectivity index (χ3n) is 4.49. The Hall–Kier alpha value is -2.95. The van der Waals surface area contributed by atoms with Crippen LogP contribution in [-0.4, -0.2) is 43.0 Å². The molecule has 10 heteroatoms. The number of anilines is 2. The van der Waals surface area contributed by atoms with Gasteiger partial charge in [0.2, 0.25) is 5.91 Å². The van der Waals surface area contributed by atoms with Crippen molar-refractivity contribution in [3.8, 4) is 0 Å². The standard InChI is InChI=1S/C18H19N3O6S/c1-18(11-22)10-21(20-17(18)24)13-8-6-12(7-9-13)19-16(23)14-4-2-3-5-15(14)28(25,26)27/h2-9,22H,10-11H2,1H3,(H,19,23)(H,20,24)(H,25,26,27). The van der Waals surface area contributed by atoms with E-state index in [0.717, 1.165) is 6.07 Å². The first-order valence-corrected chi connectivity index (χ1v) is 9.75. The number of nitrogens with one attached hydrogen (secondary N) is 2. The van der Waals surface area contributed by atoms with Crippen LogP contribution >= 0.6 is 0 Å². The molecule has 1 fully saturated rings. The number of rotatable bonds is 5. The van der Waals surface area contributed by atoms with E-state index in [1.54, 1.807) is 36.2 Å². The Bertz CT molecular complexity index is 1020. The number of hydrogen-bond acceptors (Lipinski definition) is 6. The molecule has 1 unspecified atom stereocenters. The molecule has 2 amide bonds. The lowest BCUT2D eigenvalue weighted by Crippen LogP contribution is -2.34. The number of aliphatic hydroxyl groups is 1. The molecule has 4 N–H and O–H groups in total. The van der Waals surface area contributed by atoms with Crippen LogP contribution in [0.2, 0.25) is 0 Å². The Balaban J connectivity index is 1.76. The van der Waals surface area contributed by atoms with Crippen molar-refractivity contribution in [2.24, 2.45) is 5.41 Å². The van der Waals surface area contributed by atoms with Crippen LogP contribution in [0.1, 0.15) is 17.3 Å². The quantitative estimate of drug-likeness (QED) is 0.546. The molecule has 1 aliphatic rings. The van der Waals surface area contributed by atoms with Crippen LogP contribution < -0.4 is 15.8 Å². The number of hydrogen-bond donors (Lipinski definition) is 4. The largest absolute Gasteiger partial charge is 0.395 e. The summed E-state index contributed by atoms with van der Waals surface area (Å²) in [7, 11) is -4.54. The maximum absolute atomic E-state index is 12.4. The highest BCUT2D eigenvalue weighted by Gasteiger charge is 2.41. The van der Waals surface area contributed by atoms with E-state index in [0.29, 0.717) is 11.4 Å². The van der Waals surface area contributed by atoms with E-state index >= 15 is 0 Å². The molecule has 0 spiro atoms. The van der Waals surface area contributed by atoms with E-state index in [9.17, 15) is 27.7 Å². The highest BCUT2D eigenvalue weighted by molar-refractivity contribution is 7.86. The lowest BCUT2D eigenvalue weighted by atomic mass is 9.92. The molecule has 148 valence electrons. The van der Waals surface area contributed by atoms with Gasteiger partial charge in [0, 0.05) is 5.69 Å². The van der Waals surface area contributed by atoms with Crippen LogP contribution in [0.25, 0.3) is 0 Å². The Morgan fingerprint density at radius 3 is 2.43 bits per heavy atom. The van der Waals surface area contributed by atoms with Crippen LogP contribution in [0, 0.1) is 5.41 Å². The van der Waals surface area contributed by atoms with Crippen LogP contribution in [0.5, 0.6) is 0 Å². The van der Waals surface area contributed by atoms with Gasteiger partial charge < -0.3 is 10.4 Å². The first kappa shape index (κ1) is 19.8. The Kier molecular flexibility index (Phi) is 5.11. The summed E-state index contributed by atoms with van der Waals surface area (Å²) >= 11 is 0. The maximum Gasteiger partial charge on any atom is 0.295 e. The molecule has 0 bridgehead atoms. The van der Waals surface area contributed by atoms with Crippen LogP contribution in [0.4, 0.5) is 11.4 Å². The monoisotopic (exact) mass is 405 g/mol. The van der Waals surface area contributed by atoms with Crippen molar-refractivity contribution < 1.29 is 27.7 Å². The van der Waals surface area contributed by atoms with Crippen LogP contribution in [-0.2, 0) is 14.9 Å². The molecule has 0 radical (unpaired) electrons. The van der Waals surface area contributed by atoms with Gasteiger partial charge in [-0.05, 0) is 43.3 Å². The second kappa shape index (κ2) is 7.23. The van der Waals surface area contributed by atoms with Gasteiger partial charge in [-0.3, -0.25) is 24.6 Å². The third kappa shape index (κ3) is 3.84. The second-order valence-electron chi connectivity index (χ2n) is 6.72. The predicted molar refractivity (Wildman–Crippen MR) is 101 cm³/mol. The molecule has 1 aliphatic heterocycles. The van der Waals surface area contributed by atoms with E-state index in [1.807, 2.05) is 0 Å². The fourth-order valence-corrected chi connectivity index (χ4v) is 3.49. The zero-order valence-electron chi connectivity index (χ0n) is 14.9. The molecule has 1 saturated heterocycles. The van der Waals surface area contributed by atoms with Crippen LogP contribution in [0.3, 0.4) is 0 Å². The number of carbonyl (C=O) groups excluding carboxylic acids is 2. The SMILES string of the molecule is CC1(CO)CN(c2ccc(NC(=O)c3ccccc3S(=O)(=O)O)cc2)NC1=O. The van der Waals surface area contributed by atoms with Crippen molar-refractivity contribution in [3.63, 3.8) is 0 Å². The van der Waals surface area contributed by atoms with E-state index in [-0.39, 0.29) is 24.6 Å². The van der Waals surface area contributed by atoms with Gasteiger partial charge in [-0.15, -0.1) is 0 Å². The zero-order valence-corrected chi connectivity index (χ0v) is 15.7. The summed E-state index contributed by atoms with van der Waals surface area (Å²) in [6.45, 7) is 1.66. The molecule has 1 atom stereocenters. The Labute approximate surface area is 161 Å². The summed E-state index contributed by atoms with van der Waals surface area (Å²) in [6.07, 6.45) is 0. The highest BCUT2D eigenvalue weighted by Crippen LogP contribution is 2.28. The third-order valence-corrected chi connectivity index (χ3v) is 5.40. The molecule has 0 aromatic heterocycles. The fourth-order valence-electron chi connectivity index (χ4n) is 2.80. The topological polar surface area (TPSA) is 136 Å². The molecule has 9 nitrogen and oxygen atoms in total. The van der Waals surface area contributed by atoms with Gasteiger partial charge in [0.15, 0.2) is 0 Å². The van der Waals surface area contributed by atoms with Gasteiger partial charge in [0.1, 0.15) is 4.90 Å². The van der Waals surface area contributed by atoms with Crippen molar-refractivity contribution >= 4 is 33.3 Å². The molecule has 1 heterocycles. The normalized spacial score (nSPS) is 19.4. The maximum atomic E-state index is 12.4. The van der Waals surface area contributed by atoms with Crippen molar-refractivity contribution in [3.05, 3.63) is 54.1 Å². The van der Waals surface area contributed by atoms with Gasteiger partial charge >= 0.3 is 0 Å². The van der Waals surface area contributed by atoms with Gasteiger partial charge in [-0.2, -0.15) is 8.42 Å². The van der Waals surface area contributed by atoms with Crippen molar-refractivity contribution in [2.45, 2.75) is 11.8 Å². The number of benzene rings is 2. The van der Waals surface area contributed by atoms with Crippen LogP contribution in [0.15, 0.2) is 53.4 Å². The number of hydrazine groups is 1. The molecular formula is C18H19N3O6S. The summed E-state index contributed by atoms with van der Waals surface area (Å²) in [5.41, 5.74) is 2.65. The van der Waals surface area contributed by atoms with Crippen molar-refractivity contribution in [2.75, 3.05) is 23.5 Å². The Morgan fingerprint density at radius 2 is 1.86 bits per heavy atom. The number of nitrogens with zero attached hydrogens (tertiary/aromatic N) is 1. The van der Waals surface area contributed by atoms with Crippen molar-refractivity contribution in [1.29, 1.82) is 0 Å². The second-order valence-corrected chi connectivity index (χ2v) is 8.11. The summed E-state index contributed by atoms with van der Waals surface area (Å²) < 4.78 is 32.1. The average molecular weight is 405 g/mol. The first-order valence-electron chi connectivity index (χ1n) is 8.31. The first-order chi connectivity index (χ1) is 13.1. The molecule has 28 heavy (non-hydrogen) atoms. The number of carbonyl (C=O) groups is 2. The molecular weight excluding hydrogens is 386 g/mol. The van der Waals surface area contributed by atoms with E-state index in [4.69, 9.17) is 0 Å². The van der Waals surface area contributed by atoms with Gasteiger partial charge in [0.25, 0.3) is 16.0 Å². The smallest absolute Gasteiger partial charge is 0.295 e.